The molecule has 2 saturated carbocycles. The van der Waals surface area contributed by atoms with Gasteiger partial charge >= 0.3 is 0 Å². The van der Waals surface area contributed by atoms with Gasteiger partial charge in [-0.15, -0.1) is 0 Å². The summed E-state index contributed by atoms with van der Waals surface area (Å²) in [5.74, 6) is 1.99. The van der Waals surface area contributed by atoms with Crippen LogP contribution in [0.3, 0.4) is 0 Å². The minimum atomic E-state index is 0.0681. The van der Waals surface area contributed by atoms with Crippen molar-refractivity contribution in [2.24, 2.45) is 10.8 Å². The molecule has 0 atom stereocenters. The average molecular weight is 563 g/mol. The zero-order valence-electron chi connectivity index (χ0n) is 27.7. The highest BCUT2D eigenvalue weighted by molar-refractivity contribution is 5.29. The summed E-state index contributed by atoms with van der Waals surface area (Å²) in [6.45, 7) is 23.0. The molecule has 2 aliphatic carbocycles. The lowest BCUT2D eigenvalue weighted by Crippen LogP contribution is -2.55. The summed E-state index contributed by atoms with van der Waals surface area (Å²) >= 11 is 0. The first-order chi connectivity index (χ1) is 18.9. The highest BCUT2D eigenvalue weighted by atomic mass is 16.5. The van der Waals surface area contributed by atoms with Crippen molar-refractivity contribution in [3.63, 3.8) is 0 Å². The quantitative estimate of drug-likeness (QED) is 0.272. The topological polar surface area (TPSA) is 42.5 Å². The van der Waals surface area contributed by atoms with Crippen LogP contribution in [-0.4, -0.2) is 35.4 Å². The fourth-order valence-corrected chi connectivity index (χ4v) is 6.96. The number of nitrogens with one attached hydrogen (secondary N) is 2. The van der Waals surface area contributed by atoms with Crippen LogP contribution in [0.1, 0.15) is 112 Å². The molecule has 2 fully saturated rings. The van der Waals surface area contributed by atoms with E-state index >= 15 is 0 Å². The zero-order chi connectivity index (χ0) is 30.1. The number of rotatable bonds is 12. The number of ether oxygens (including phenoxy) is 2. The van der Waals surface area contributed by atoms with Crippen molar-refractivity contribution in [2.75, 3.05) is 0 Å². The van der Waals surface area contributed by atoms with Gasteiger partial charge in [0.25, 0.3) is 0 Å². The van der Waals surface area contributed by atoms with Crippen LogP contribution < -0.4 is 20.1 Å². The molecule has 0 aromatic heterocycles. The van der Waals surface area contributed by atoms with Crippen molar-refractivity contribution in [3.8, 4) is 11.5 Å². The van der Waals surface area contributed by atoms with E-state index < -0.39 is 0 Å². The average Bonchev–Trinajstić information content (AvgIpc) is 2.75. The maximum Gasteiger partial charge on any atom is 0.119 e. The zero-order valence-corrected chi connectivity index (χ0v) is 27.7. The van der Waals surface area contributed by atoms with E-state index in [2.05, 4.69) is 128 Å². The van der Waals surface area contributed by atoms with E-state index in [1.54, 1.807) is 0 Å². The molecule has 0 unspecified atom stereocenters. The molecule has 0 spiro atoms. The Bertz CT molecular complexity index is 1090. The molecule has 0 aliphatic heterocycles. The second-order valence-electron chi connectivity index (χ2n) is 16.8. The lowest BCUT2D eigenvalue weighted by Gasteiger charge is -2.44. The summed E-state index contributed by atoms with van der Waals surface area (Å²) in [5.41, 5.74) is 3.49. The summed E-state index contributed by atoms with van der Waals surface area (Å²) < 4.78 is 12.5. The highest BCUT2D eigenvalue weighted by Gasteiger charge is 2.37. The Morgan fingerprint density at radius 1 is 0.585 bits per heavy atom. The van der Waals surface area contributed by atoms with Gasteiger partial charge in [0, 0.05) is 23.2 Å². The molecule has 4 nitrogen and oxygen atoms in total. The third-order valence-electron chi connectivity index (χ3n) is 8.21. The molecule has 2 aromatic carbocycles. The second-order valence-corrected chi connectivity index (χ2v) is 16.8. The highest BCUT2D eigenvalue weighted by Crippen LogP contribution is 2.35. The van der Waals surface area contributed by atoms with Crippen molar-refractivity contribution >= 4 is 0 Å². The van der Waals surface area contributed by atoms with Crippen molar-refractivity contribution in [2.45, 2.75) is 150 Å². The van der Waals surface area contributed by atoms with E-state index in [9.17, 15) is 0 Å². The predicted octanol–water partition coefficient (Wildman–Crippen LogP) is 8.51. The van der Waals surface area contributed by atoms with E-state index in [4.69, 9.17) is 9.47 Å². The predicted molar refractivity (Wildman–Crippen MR) is 173 cm³/mol. The summed E-state index contributed by atoms with van der Waals surface area (Å²) in [4.78, 5) is 0. The van der Waals surface area contributed by atoms with E-state index in [0.29, 0.717) is 29.7 Å². The van der Waals surface area contributed by atoms with E-state index in [1.807, 2.05) is 0 Å². The Morgan fingerprint density at radius 2 is 1.00 bits per heavy atom. The molecule has 41 heavy (non-hydrogen) atoms. The van der Waals surface area contributed by atoms with Gasteiger partial charge in [-0.25, -0.2) is 0 Å². The molecule has 228 valence electrons. The van der Waals surface area contributed by atoms with Gasteiger partial charge in [0.1, 0.15) is 23.7 Å². The third-order valence-corrected chi connectivity index (χ3v) is 8.21. The second kappa shape index (κ2) is 12.3. The van der Waals surface area contributed by atoms with Gasteiger partial charge in [0.2, 0.25) is 0 Å². The third kappa shape index (κ3) is 10.6. The molecule has 2 N–H and O–H groups in total. The summed E-state index contributed by atoms with van der Waals surface area (Å²) in [5, 5.41) is 7.61. The number of hydrogen-bond acceptors (Lipinski definition) is 4. The summed E-state index contributed by atoms with van der Waals surface area (Å²) in [6, 6.07) is 18.6. The lowest BCUT2D eigenvalue weighted by atomic mass is 9.75. The Kier molecular flexibility index (Phi) is 9.56. The standard InChI is InChI=1S/C37H58N2O2/c1-34(2,3)23-26-11-15-30(16-12-26)41-33-21-29(22-33)39-37(9,10)25-36(7,8)24-27-13-17-31(18-14-27)40-32-19-28(20-32)38-35(4,5)6/h11-18,28-29,32-33,38-39H,19-25H2,1-10H3/t28-,29-,32-,33+. The van der Waals surface area contributed by atoms with Crippen molar-refractivity contribution in [3.05, 3.63) is 59.7 Å². The molecule has 0 amide bonds. The van der Waals surface area contributed by atoms with Gasteiger partial charge < -0.3 is 20.1 Å². The molecule has 0 saturated heterocycles. The molecule has 0 radical (unpaired) electrons. The maximum atomic E-state index is 6.28. The van der Waals surface area contributed by atoms with Crippen LogP contribution in [-0.2, 0) is 12.8 Å². The van der Waals surface area contributed by atoms with Crippen LogP contribution in [0, 0.1) is 10.8 Å². The van der Waals surface area contributed by atoms with Gasteiger partial charge in [-0.3, -0.25) is 0 Å². The van der Waals surface area contributed by atoms with Crippen LogP contribution in [0.15, 0.2) is 48.5 Å². The van der Waals surface area contributed by atoms with Gasteiger partial charge in [0.05, 0.1) is 0 Å². The van der Waals surface area contributed by atoms with Crippen LogP contribution in [0.5, 0.6) is 11.5 Å². The Morgan fingerprint density at radius 3 is 1.41 bits per heavy atom. The first kappa shape index (κ1) is 31.9. The summed E-state index contributed by atoms with van der Waals surface area (Å²) in [6.07, 6.45) is 8.22. The van der Waals surface area contributed by atoms with Crippen LogP contribution in [0.25, 0.3) is 0 Å². The van der Waals surface area contributed by atoms with Crippen LogP contribution >= 0.6 is 0 Å². The Hall–Kier alpha value is -2.04. The van der Waals surface area contributed by atoms with E-state index in [0.717, 1.165) is 56.4 Å². The number of benzene rings is 2. The fourth-order valence-electron chi connectivity index (χ4n) is 6.96. The monoisotopic (exact) mass is 562 g/mol. The molecule has 0 bridgehead atoms. The maximum absolute atomic E-state index is 6.28. The minimum absolute atomic E-state index is 0.0681. The van der Waals surface area contributed by atoms with Gasteiger partial charge in [-0.05, 0) is 126 Å². The van der Waals surface area contributed by atoms with Crippen molar-refractivity contribution in [1.29, 1.82) is 0 Å². The van der Waals surface area contributed by atoms with E-state index in [-0.39, 0.29) is 16.5 Å². The molecular weight excluding hydrogens is 504 g/mol. The lowest BCUT2D eigenvalue weighted by molar-refractivity contribution is 0.0637. The molecule has 2 aliphatic rings. The van der Waals surface area contributed by atoms with Gasteiger partial charge in [0.15, 0.2) is 0 Å². The smallest absolute Gasteiger partial charge is 0.119 e. The molecule has 2 aromatic rings. The fraction of sp³-hybridized carbons (Fsp3) is 0.676. The normalized spacial score (nSPS) is 23.5. The van der Waals surface area contributed by atoms with Gasteiger partial charge in [-0.2, -0.15) is 0 Å². The molecular formula is C37H58N2O2. The molecule has 4 heteroatoms. The first-order valence-corrected chi connectivity index (χ1v) is 16.0. The number of hydrogen-bond donors (Lipinski definition) is 2. The van der Waals surface area contributed by atoms with Crippen LogP contribution in [0.2, 0.25) is 0 Å². The largest absolute Gasteiger partial charge is 0.490 e. The molecule has 4 rings (SSSR count). The van der Waals surface area contributed by atoms with Crippen LogP contribution in [0.4, 0.5) is 0 Å². The van der Waals surface area contributed by atoms with E-state index in [1.165, 1.54) is 11.1 Å². The Labute approximate surface area is 251 Å². The Balaban J connectivity index is 1.17. The van der Waals surface area contributed by atoms with Crippen molar-refractivity contribution in [1.82, 2.24) is 10.6 Å². The minimum Gasteiger partial charge on any atom is -0.490 e. The molecule has 0 heterocycles. The SMILES string of the molecule is CC(C)(C)Cc1ccc(O[C@H]2C[C@@H](NC(C)(C)CC(C)(C)Cc3ccc(O[C@H]4C[C@H](NC(C)(C)C)C4)cc3)C2)cc1. The van der Waals surface area contributed by atoms with Gasteiger partial charge in [-0.1, -0.05) is 58.9 Å². The summed E-state index contributed by atoms with van der Waals surface area (Å²) in [7, 11) is 0. The first-order valence-electron chi connectivity index (χ1n) is 16.0. The van der Waals surface area contributed by atoms with Crippen molar-refractivity contribution < 1.29 is 9.47 Å².